The van der Waals surface area contributed by atoms with Gasteiger partial charge in [-0.3, -0.25) is 4.90 Å². The lowest BCUT2D eigenvalue weighted by molar-refractivity contribution is -0.0708. The molecule has 7 rings (SSSR count). The van der Waals surface area contributed by atoms with Crippen molar-refractivity contribution in [3.63, 3.8) is 0 Å². The summed E-state index contributed by atoms with van der Waals surface area (Å²) in [5, 5.41) is 9.76. The van der Waals surface area contributed by atoms with Crippen molar-refractivity contribution in [2.45, 2.75) is 44.7 Å². The van der Waals surface area contributed by atoms with E-state index in [2.05, 4.69) is 15.5 Å². The number of thiophene rings is 1. The van der Waals surface area contributed by atoms with E-state index in [9.17, 15) is 14.3 Å². The molecule has 212 valence electrons. The summed E-state index contributed by atoms with van der Waals surface area (Å²) in [6.07, 6.45) is 4.09. The molecule has 1 N–H and O–H groups in total. The fourth-order valence-electron chi connectivity index (χ4n) is 5.67. The van der Waals surface area contributed by atoms with Crippen LogP contribution in [0.2, 0.25) is 5.02 Å². The van der Waals surface area contributed by atoms with Gasteiger partial charge in [0.2, 0.25) is 0 Å². The van der Waals surface area contributed by atoms with Crippen LogP contribution in [0.4, 0.5) is 4.39 Å². The lowest BCUT2D eigenvalue weighted by Gasteiger charge is -2.29. The molecule has 2 aromatic carbocycles. The number of rotatable bonds is 7. The van der Waals surface area contributed by atoms with Crippen LogP contribution in [-0.2, 0) is 23.6 Å². The van der Waals surface area contributed by atoms with Gasteiger partial charge in [0.1, 0.15) is 21.3 Å². The number of halogens is 2. The minimum absolute atomic E-state index is 0.126. The third-order valence-corrected chi connectivity index (χ3v) is 9.16. The number of para-hydroxylation sites is 1. The van der Waals surface area contributed by atoms with Crippen LogP contribution in [0.1, 0.15) is 46.4 Å². The number of fused-ring (bicyclic) bond motifs is 2. The SMILES string of the molecule is CC1(c2ccc(Cl)cc2F)Oc2cccc(C3=CCN(Cc4nc5sc(C(=O)O)cc5n4CC4CCO4)CC3)c2O1. The molecule has 0 bridgehead atoms. The Morgan fingerprint density at radius 1 is 1.27 bits per heavy atom. The average Bonchev–Trinajstić information content (AvgIpc) is 3.57. The van der Waals surface area contributed by atoms with Gasteiger partial charge in [-0.15, -0.1) is 11.3 Å². The highest BCUT2D eigenvalue weighted by atomic mass is 35.5. The number of carbonyl (C=O) groups is 1. The van der Waals surface area contributed by atoms with Crippen molar-refractivity contribution < 1.29 is 28.5 Å². The molecule has 5 heterocycles. The van der Waals surface area contributed by atoms with Crippen molar-refractivity contribution in [2.75, 3.05) is 19.7 Å². The maximum Gasteiger partial charge on any atom is 0.346 e. The molecule has 8 nitrogen and oxygen atoms in total. The van der Waals surface area contributed by atoms with Gasteiger partial charge in [0.15, 0.2) is 11.5 Å². The third kappa shape index (κ3) is 4.78. The smallest absolute Gasteiger partial charge is 0.346 e. The first-order valence-corrected chi connectivity index (χ1v) is 14.7. The first-order chi connectivity index (χ1) is 19.8. The molecule has 3 aliphatic heterocycles. The number of carboxylic acids is 1. The summed E-state index contributed by atoms with van der Waals surface area (Å²) < 4.78 is 35.0. The molecular formula is C30H27ClFN3O5S. The van der Waals surface area contributed by atoms with Crippen LogP contribution in [0.25, 0.3) is 15.9 Å². The van der Waals surface area contributed by atoms with Crippen LogP contribution in [0, 0.1) is 5.82 Å². The topological polar surface area (TPSA) is 86.1 Å². The number of aromatic nitrogens is 2. The molecule has 2 atom stereocenters. The summed E-state index contributed by atoms with van der Waals surface area (Å²) in [6.45, 7) is 5.29. The Morgan fingerprint density at radius 3 is 2.83 bits per heavy atom. The number of aromatic carboxylic acids is 1. The minimum atomic E-state index is -1.30. The van der Waals surface area contributed by atoms with E-state index in [0.717, 1.165) is 53.3 Å². The number of carboxylic acid groups (broad SMARTS) is 1. The summed E-state index contributed by atoms with van der Waals surface area (Å²) in [4.78, 5) is 19.7. The van der Waals surface area contributed by atoms with Crippen LogP contribution in [0.3, 0.4) is 0 Å². The van der Waals surface area contributed by atoms with Gasteiger partial charge in [-0.05, 0) is 48.7 Å². The molecule has 1 saturated heterocycles. The van der Waals surface area contributed by atoms with E-state index in [1.54, 1.807) is 25.1 Å². The predicted octanol–water partition coefficient (Wildman–Crippen LogP) is 6.31. The van der Waals surface area contributed by atoms with Gasteiger partial charge in [0.05, 0.1) is 30.3 Å². The third-order valence-electron chi connectivity index (χ3n) is 7.92. The molecule has 0 amide bonds. The fraction of sp³-hybridized carbons (Fsp3) is 0.333. The molecule has 11 heteroatoms. The molecule has 4 aromatic rings. The Bertz CT molecular complexity index is 1710. The van der Waals surface area contributed by atoms with Crippen LogP contribution in [-0.4, -0.2) is 51.3 Å². The molecule has 0 aliphatic carbocycles. The Hall–Kier alpha value is -3.44. The number of ether oxygens (including phenoxy) is 3. The quantitative estimate of drug-likeness (QED) is 0.268. The van der Waals surface area contributed by atoms with Crippen molar-refractivity contribution >= 4 is 44.8 Å². The lowest BCUT2D eigenvalue weighted by atomic mass is 9.98. The summed E-state index contributed by atoms with van der Waals surface area (Å²) in [7, 11) is 0. The standard InChI is InChI=1S/C30H27ClFN3O5S/c1-30(21-6-5-18(31)13-22(21)32)39-24-4-2-3-20(27(24)40-30)17-7-10-34(11-8-17)16-26-33-28-23(14-25(41-28)29(36)37)35(26)15-19-9-12-38-19/h2-7,13-14,19H,8-12,15-16H2,1H3,(H,36,37). The first kappa shape index (κ1) is 26.5. The summed E-state index contributed by atoms with van der Waals surface area (Å²) >= 11 is 7.16. The van der Waals surface area contributed by atoms with E-state index >= 15 is 0 Å². The normalized spacial score (nSPS) is 22.1. The average molecular weight is 596 g/mol. The minimum Gasteiger partial charge on any atom is -0.477 e. The Kier molecular flexibility index (Phi) is 6.54. The van der Waals surface area contributed by atoms with Crippen molar-refractivity contribution in [3.05, 3.63) is 81.2 Å². The maximum absolute atomic E-state index is 14.8. The van der Waals surface area contributed by atoms with Crippen molar-refractivity contribution in [3.8, 4) is 11.5 Å². The van der Waals surface area contributed by atoms with Gasteiger partial charge in [-0.2, -0.15) is 0 Å². The van der Waals surface area contributed by atoms with E-state index < -0.39 is 17.6 Å². The molecule has 41 heavy (non-hydrogen) atoms. The Morgan fingerprint density at radius 2 is 2.12 bits per heavy atom. The van der Waals surface area contributed by atoms with Gasteiger partial charge in [0, 0.05) is 37.2 Å². The molecule has 3 aliphatic rings. The zero-order valence-corrected chi connectivity index (χ0v) is 23.8. The second-order valence-electron chi connectivity index (χ2n) is 10.6. The van der Waals surface area contributed by atoms with Crippen molar-refractivity contribution in [1.29, 1.82) is 0 Å². The van der Waals surface area contributed by atoms with Crippen LogP contribution in [0.15, 0.2) is 48.5 Å². The van der Waals surface area contributed by atoms with E-state index in [1.165, 1.54) is 17.4 Å². The number of nitrogens with zero attached hydrogens (tertiary/aromatic N) is 3. The highest BCUT2D eigenvalue weighted by molar-refractivity contribution is 7.20. The molecule has 0 saturated carbocycles. The van der Waals surface area contributed by atoms with E-state index in [0.29, 0.717) is 41.0 Å². The largest absolute Gasteiger partial charge is 0.477 e. The molecule has 2 unspecified atom stereocenters. The van der Waals surface area contributed by atoms with Crippen LogP contribution >= 0.6 is 22.9 Å². The molecule has 0 radical (unpaired) electrons. The van der Waals surface area contributed by atoms with Crippen LogP contribution in [0.5, 0.6) is 11.5 Å². The van der Waals surface area contributed by atoms with E-state index in [1.807, 2.05) is 18.2 Å². The number of imidazole rings is 1. The van der Waals surface area contributed by atoms with E-state index in [-0.39, 0.29) is 11.7 Å². The van der Waals surface area contributed by atoms with Gasteiger partial charge in [0.25, 0.3) is 5.79 Å². The number of benzene rings is 2. The fourth-order valence-corrected chi connectivity index (χ4v) is 6.72. The summed E-state index contributed by atoms with van der Waals surface area (Å²) in [5.41, 5.74) is 3.21. The van der Waals surface area contributed by atoms with Crippen molar-refractivity contribution in [1.82, 2.24) is 14.5 Å². The predicted molar refractivity (Wildman–Crippen MR) is 153 cm³/mol. The maximum atomic E-state index is 14.8. The molecule has 1 fully saturated rings. The highest BCUT2D eigenvalue weighted by Gasteiger charge is 2.42. The van der Waals surface area contributed by atoms with E-state index in [4.69, 9.17) is 30.8 Å². The lowest BCUT2D eigenvalue weighted by Crippen LogP contribution is -2.33. The molecule has 2 aromatic heterocycles. The first-order valence-electron chi connectivity index (χ1n) is 13.5. The highest BCUT2D eigenvalue weighted by Crippen LogP contribution is 2.49. The summed E-state index contributed by atoms with van der Waals surface area (Å²) in [6, 6.07) is 12.0. The van der Waals surface area contributed by atoms with Gasteiger partial charge in [-0.25, -0.2) is 14.2 Å². The molecular weight excluding hydrogens is 569 g/mol. The second kappa shape index (κ2) is 10.1. The molecule has 0 spiro atoms. The number of hydrogen-bond donors (Lipinski definition) is 1. The van der Waals surface area contributed by atoms with Gasteiger partial charge < -0.3 is 23.9 Å². The summed E-state index contributed by atoms with van der Waals surface area (Å²) in [5.74, 6) is -0.631. The van der Waals surface area contributed by atoms with Gasteiger partial charge in [-0.1, -0.05) is 29.8 Å². The Labute approximate surface area is 244 Å². The zero-order chi connectivity index (χ0) is 28.3. The second-order valence-corrected chi connectivity index (χ2v) is 12.1. The van der Waals surface area contributed by atoms with Crippen molar-refractivity contribution in [2.24, 2.45) is 0 Å². The number of hydrogen-bond acceptors (Lipinski definition) is 7. The zero-order valence-electron chi connectivity index (χ0n) is 22.2. The monoisotopic (exact) mass is 595 g/mol. The van der Waals surface area contributed by atoms with Crippen LogP contribution < -0.4 is 9.47 Å². The Balaban J connectivity index is 1.11. The van der Waals surface area contributed by atoms with Gasteiger partial charge >= 0.3 is 5.97 Å².